The zero-order valence-corrected chi connectivity index (χ0v) is 9.69. The standard InChI is InChI=1S/C12H16BFO3/c14-11-2-3-12-10(8-11)9-17-13(12)4-1-6-16-7-5-15/h2-3,8,15H,1,4-7,9H2. The molecule has 5 heteroatoms. The first-order chi connectivity index (χ1) is 8.31. The summed E-state index contributed by atoms with van der Waals surface area (Å²) < 4.78 is 23.8. The van der Waals surface area contributed by atoms with Gasteiger partial charge >= 0.3 is 6.92 Å². The number of ether oxygens (including phenoxy) is 1. The van der Waals surface area contributed by atoms with Gasteiger partial charge in [0.25, 0.3) is 0 Å². The number of aliphatic hydroxyl groups is 1. The summed E-state index contributed by atoms with van der Waals surface area (Å²) in [6.07, 6.45) is 1.74. The third-order valence-corrected chi connectivity index (χ3v) is 2.88. The molecule has 0 aromatic heterocycles. The molecule has 0 aliphatic carbocycles. The minimum absolute atomic E-state index is 0.0576. The molecule has 3 nitrogen and oxygen atoms in total. The van der Waals surface area contributed by atoms with Crippen LogP contribution in [0.1, 0.15) is 12.0 Å². The molecular weight excluding hydrogens is 222 g/mol. The molecule has 0 saturated carbocycles. The lowest BCUT2D eigenvalue weighted by Gasteiger charge is -2.07. The van der Waals surface area contributed by atoms with Crippen molar-refractivity contribution in [3.05, 3.63) is 29.6 Å². The topological polar surface area (TPSA) is 38.7 Å². The van der Waals surface area contributed by atoms with E-state index in [9.17, 15) is 4.39 Å². The Bertz CT molecular complexity index is 373. The summed E-state index contributed by atoms with van der Waals surface area (Å²) in [6.45, 7) is 1.62. The van der Waals surface area contributed by atoms with Gasteiger partial charge in [0.05, 0.1) is 19.8 Å². The van der Waals surface area contributed by atoms with Gasteiger partial charge in [-0.2, -0.15) is 0 Å². The minimum Gasteiger partial charge on any atom is -0.427 e. The fourth-order valence-electron chi connectivity index (χ4n) is 2.07. The first kappa shape index (κ1) is 12.5. The summed E-state index contributed by atoms with van der Waals surface area (Å²) >= 11 is 0. The van der Waals surface area contributed by atoms with Crippen LogP contribution in [0.15, 0.2) is 18.2 Å². The van der Waals surface area contributed by atoms with E-state index in [1.54, 1.807) is 6.07 Å². The molecule has 0 fully saturated rings. The third-order valence-electron chi connectivity index (χ3n) is 2.88. The molecule has 1 N–H and O–H groups in total. The summed E-state index contributed by atoms with van der Waals surface area (Å²) in [6, 6.07) is 4.82. The first-order valence-corrected chi connectivity index (χ1v) is 5.90. The number of benzene rings is 1. The Kier molecular flexibility index (Phi) is 4.53. The predicted molar refractivity (Wildman–Crippen MR) is 63.9 cm³/mol. The molecule has 2 rings (SSSR count). The van der Waals surface area contributed by atoms with Crippen molar-refractivity contribution >= 4 is 12.4 Å². The Morgan fingerprint density at radius 3 is 3.12 bits per heavy atom. The van der Waals surface area contributed by atoms with Crippen LogP contribution in [0.3, 0.4) is 0 Å². The molecule has 1 aromatic rings. The van der Waals surface area contributed by atoms with E-state index in [1.807, 2.05) is 0 Å². The zero-order chi connectivity index (χ0) is 12.1. The molecule has 1 aromatic carbocycles. The van der Waals surface area contributed by atoms with E-state index >= 15 is 0 Å². The van der Waals surface area contributed by atoms with Gasteiger partial charge in [0.1, 0.15) is 5.82 Å². The van der Waals surface area contributed by atoms with Gasteiger partial charge in [0, 0.05) is 6.61 Å². The Morgan fingerprint density at radius 1 is 1.41 bits per heavy atom. The van der Waals surface area contributed by atoms with Crippen molar-refractivity contribution in [3.63, 3.8) is 0 Å². The molecule has 0 amide bonds. The van der Waals surface area contributed by atoms with Gasteiger partial charge in [-0.15, -0.1) is 0 Å². The molecule has 92 valence electrons. The van der Waals surface area contributed by atoms with Gasteiger partial charge in [-0.25, -0.2) is 4.39 Å². The number of hydrogen-bond acceptors (Lipinski definition) is 3. The van der Waals surface area contributed by atoms with E-state index < -0.39 is 0 Å². The number of aliphatic hydroxyl groups excluding tert-OH is 1. The average Bonchev–Trinajstić information content (AvgIpc) is 2.71. The van der Waals surface area contributed by atoms with Crippen molar-refractivity contribution in [2.75, 3.05) is 19.8 Å². The lowest BCUT2D eigenvalue weighted by Crippen LogP contribution is -2.28. The minimum atomic E-state index is -0.209. The average molecular weight is 238 g/mol. The molecule has 1 aliphatic rings. The van der Waals surface area contributed by atoms with Crippen molar-refractivity contribution in [3.8, 4) is 0 Å². The maximum Gasteiger partial charge on any atom is 0.327 e. The number of hydrogen-bond donors (Lipinski definition) is 1. The van der Waals surface area contributed by atoms with Crippen molar-refractivity contribution in [2.45, 2.75) is 19.3 Å². The third kappa shape index (κ3) is 3.28. The van der Waals surface area contributed by atoms with Crippen molar-refractivity contribution in [2.24, 2.45) is 0 Å². The van der Waals surface area contributed by atoms with Gasteiger partial charge in [0.2, 0.25) is 0 Å². The highest BCUT2D eigenvalue weighted by molar-refractivity contribution is 6.68. The first-order valence-electron chi connectivity index (χ1n) is 5.90. The van der Waals surface area contributed by atoms with Crippen LogP contribution < -0.4 is 5.46 Å². The zero-order valence-electron chi connectivity index (χ0n) is 9.69. The Morgan fingerprint density at radius 2 is 2.29 bits per heavy atom. The molecule has 0 radical (unpaired) electrons. The largest absolute Gasteiger partial charge is 0.427 e. The van der Waals surface area contributed by atoms with Gasteiger partial charge in [-0.3, -0.25) is 0 Å². The Hall–Kier alpha value is -0.905. The number of fused-ring (bicyclic) bond motifs is 1. The van der Waals surface area contributed by atoms with Crippen molar-refractivity contribution < 1.29 is 18.9 Å². The number of halogens is 1. The second kappa shape index (κ2) is 6.14. The highest BCUT2D eigenvalue weighted by atomic mass is 19.1. The van der Waals surface area contributed by atoms with Crippen LogP contribution in [-0.2, 0) is 16.0 Å². The van der Waals surface area contributed by atoms with Crippen LogP contribution in [0, 0.1) is 5.82 Å². The van der Waals surface area contributed by atoms with Crippen LogP contribution in [0.25, 0.3) is 0 Å². The molecule has 0 bridgehead atoms. The van der Waals surface area contributed by atoms with Crippen LogP contribution in [0.2, 0.25) is 6.32 Å². The molecule has 17 heavy (non-hydrogen) atoms. The van der Waals surface area contributed by atoms with E-state index in [1.165, 1.54) is 12.1 Å². The van der Waals surface area contributed by atoms with Crippen LogP contribution in [0.5, 0.6) is 0 Å². The normalized spacial score (nSPS) is 14.1. The van der Waals surface area contributed by atoms with Crippen LogP contribution >= 0.6 is 0 Å². The van der Waals surface area contributed by atoms with E-state index in [4.69, 9.17) is 14.5 Å². The summed E-state index contributed by atoms with van der Waals surface area (Å²) in [5.74, 6) is -0.209. The second-order valence-electron chi connectivity index (χ2n) is 4.12. The molecule has 0 saturated heterocycles. The quantitative estimate of drug-likeness (QED) is 0.592. The fraction of sp³-hybridized carbons (Fsp3) is 0.500. The predicted octanol–water partition coefficient (Wildman–Crippen LogP) is 0.953. The van der Waals surface area contributed by atoms with E-state index in [2.05, 4.69) is 0 Å². The van der Waals surface area contributed by atoms with Gasteiger partial charge in [-0.1, -0.05) is 6.07 Å². The summed E-state index contributed by atoms with van der Waals surface area (Å²) in [5.41, 5.74) is 2.04. The maximum atomic E-state index is 13.0. The van der Waals surface area contributed by atoms with Crippen LogP contribution in [-0.4, -0.2) is 31.8 Å². The summed E-state index contributed by atoms with van der Waals surface area (Å²) in [5, 5.41) is 8.55. The fourth-order valence-corrected chi connectivity index (χ4v) is 2.07. The Balaban J connectivity index is 1.81. The number of rotatable bonds is 6. The second-order valence-corrected chi connectivity index (χ2v) is 4.12. The molecular formula is C12H16BFO3. The van der Waals surface area contributed by atoms with Gasteiger partial charge in [0.15, 0.2) is 0 Å². The Labute approximate surface area is 101 Å². The highest BCUT2D eigenvalue weighted by Crippen LogP contribution is 2.15. The van der Waals surface area contributed by atoms with E-state index in [-0.39, 0.29) is 19.3 Å². The van der Waals surface area contributed by atoms with Gasteiger partial charge in [-0.05, 0) is 35.9 Å². The molecule has 0 spiro atoms. The van der Waals surface area contributed by atoms with Crippen LogP contribution in [0.4, 0.5) is 4.39 Å². The summed E-state index contributed by atoms with van der Waals surface area (Å²) in [7, 11) is 0. The van der Waals surface area contributed by atoms with E-state index in [0.717, 1.165) is 23.8 Å². The van der Waals surface area contributed by atoms with Crippen molar-refractivity contribution in [1.29, 1.82) is 0 Å². The monoisotopic (exact) mass is 238 g/mol. The SMILES string of the molecule is OCCOCCCB1OCc2cc(F)ccc21. The van der Waals surface area contributed by atoms with Crippen molar-refractivity contribution in [1.82, 2.24) is 0 Å². The lowest BCUT2D eigenvalue weighted by atomic mass is 9.58. The molecule has 1 aliphatic heterocycles. The summed E-state index contributed by atoms with van der Waals surface area (Å²) in [4.78, 5) is 0. The molecule has 0 unspecified atom stereocenters. The molecule has 0 atom stereocenters. The smallest absolute Gasteiger partial charge is 0.327 e. The van der Waals surface area contributed by atoms with Gasteiger partial charge < -0.3 is 14.5 Å². The maximum absolute atomic E-state index is 13.0. The van der Waals surface area contributed by atoms with E-state index in [0.29, 0.717) is 19.8 Å². The highest BCUT2D eigenvalue weighted by Gasteiger charge is 2.27. The lowest BCUT2D eigenvalue weighted by molar-refractivity contribution is 0.0924. The molecule has 1 heterocycles.